The lowest BCUT2D eigenvalue weighted by molar-refractivity contribution is -0.111. The number of benzene rings is 1. The molecule has 1 saturated heterocycles. The van der Waals surface area contributed by atoms with Crippen LogP contribution >= 0.6 is 0 Å². The maximum atomic E-state index is 12.5. The zero-order valence-electron chi connectivity index (χ0n) is 18.3. The Kier molecular flexibility index (Phi) is 7.24. The summed E-state index contributed by atoms with van der Waals surface area (Å²) in [5.74, 6) is -0.219. The summed E-state index contributed by atoms with van der Waals surface area (Å²) in [6, 6.07) is 9.80. The van der Waals surface area contributed by atoms with Crippen LogP contribution in [0.2, 0.25) is 0 Å². The Morgan fingerprint density at radius 1 is 1.18 bits per heavy atom. The van der Waals surface area contributed by atoms with Gasteiger partial charge in [0.05, 0.1) is 18.9 Å². The molecule has 2 heterocycles. The van der Waals surface area contributed by atoms with Crippen molar-refractivity contribution in [2.24, 2.45) is 5.73 Å². The molecule has 1 fully saturated rings. The Morgan fingerprint density at radius 3 is 2.73 bits per heavy atom. The lowest BCUT2D eigenvalue weighted by Gasteiger charge is -2.26. The minimum atomic E-state index is -0.219. The third kappa shape index (κ3) is 5.91. The van der Waals surface area contributed by atoms with Crippen LogP contribution in [0.5, 0.6) is 0 Å². The van der Waals surface area contributed by atoms with Gasteiger partial charge in [-0.15, -0.1) is 0 Å². The van der Waals surface area contributed by atoms with Gasteiger partial charge in [-0.3, -0.25) is 14.7 Å². The number of carbonyl (C=O) groups excluding carboxylic acids is 1. The smallest absolute Gasteiger partial charge is 0.248 e. The minimum Gasteiger partial charge on any atom is -0.404 e. The van der Waals surface area contributed by atoms with Crippen molar-refractivity contribution in [3.63, 3.8) is 0 Å². The highest BCUT2D eigenvalue weighted by atomic mass is 16.5. The number of amides is 1. The molecule has 1 amide bonds. The van der Waals surface area contributed by atoms with Crippen LogP contribution < -0.4 is 11.1 Å². The highest BCUT2D eigenvalue weighted by molar-refractivity contribution is 6.13. The van der Waals surface area contributed by atoms with E-state index in [2.05, 4.69) is 15.2 Å². The lowest BCUT2D eigenvalue weighted by atomic mass is 9.93. The van der Waals surface area contributed by atoms with Crippen molar-refractivity contribution in [2.45, 2.75) is 6.54 Å². The second kappa shape index (κ2) is 10.7. The first kappa shape index (κ1) is 22.4. The largest absolute Gasteiger partial charge is 0.404 e. The van der Waals surface area contributed by atoms with Crippen molar-refractivity contribution >= 4 is 29.0 Å². The van der Waals surface area contributed by atoms with E-state index in [4.69, 9.17) is 15.9 Å². The molecule has 2 aromatic rings. The van der Waals surface area contributed by atoms with E-state index in [9.17, 15) is 4.79 Å². The number of pyridine rings is 1. The molecule has 7 nitrogen and oxygen atoms in total. The average molecular weight is 442 g/mol. The number of hydrogen-bond acceptors (Lipinski definition) is 6. The van der Waals surface area contributed by atoms with Gasteiger partial charge in [-0.2, -0.15) is 0 Å². The van der Waals surface area contributed by atoms with Gasteiger partial charge in [0.2, 0.25) is 5.91 Å². The molecule has 1 aromatic heterocycles. The van der Waals surface area contributed by atoms with Gasteiger partial charge in [0, 0.05) is 61.1 Å². The van der Waals surface area contributed by atoms with Crippen LogP contribution in [0.15, 0.2) is 78.8 Å². The fraction of sp³-hybridized carbons (Fsp3) is 0.192. The highest BCUT2D eigenvalue weighted by Gasteiger charge is 2.12. The molecule has 0 radical (unpaired) electrons. The van der Waals surface area contributed by atoms with Gasteiger partial charge in [0.1, 0.15) is 0 Å². The number of rotatable bonds is 6. The number of morpholine rings is 1. The Bertz CT molecular complexity index is 1140. The molecule has 168 valence electrons. The van der Waals surface area contributed by atoms with E-state index in [1.54, 1.807) is 24.5 Å². The van der Waals surface area contributed by atoms with E-state index in [1.807, 2.05) is 42.5 Å². The molecular formula is C26H27N5O2. The van der Waals surface area contributed by atoms with Crippen LogP contribution in [0, 0.1) is 5.41 Å². The monoisotopic (exact) mass is 441 g/mol. The Hall–Kier alpha value is -3.81. The minimum absolute atomic E-state index is 0.219. The van der Waals surface area contributed by atoms with Crippen molar-refractivity contribution in [2.75, 3.05) is 31.6 Å². The Morgan fingerprint density at radius 2 is 1.97 bits per heavy atom. The molecule has 33 heavy (non-hydrogen) atoms. The molecule has 0 atom stereocenters. The molecule has 7 heteroatoms. The fourth-order valence-corrected chi connectivity index (χ4v) is 3.73. The van der Waals surface area contributed by atoms with Crippen LogP contribution in [0.4, 0.5) is 5.69 Å². The summed E-state index contributed by atoms with van der Waals surface area (Å²) in [6.07, 6.45) is 13.5. The maximum absolute atomic E-state index is 12.5. The van der Waals surface area contributed by atoms with Gasteiger partial charge in [0.25, 0.3) is 0 Å². The molecule has 4 rings (SSSR count). The Balaban J connectivity index is 1.40. The quantitative estimate of drug-likeness (QED) is 0.596. The van der Waals surface area contributed by atoms with Gasteiger partial charge >= 0.3 is 0 Å². The number of nitrogens with zero attached hydrogens (tertiary/aromatic N) is 2. The predicted molar refractivity (Wildman–Crippen MR) is 132 cm³/mol. The maximum Gasteiger partial charge on any atom is 0.248 e. The molecule has 4 N–H and O–H groups in total. The van der Waals surface area contributed by atoms with E-state index in [-0.39, 0.29) is 5.91 Å². The predicted octanol–water partition coefficient (Wildman–Crippen LogP) is 3.38. The van der Waals surface area contributed by atoms with Crippen LogP contribution in [-0.2, 0) is 16.1 Å². The molecule has 1 aliphatic heterocycles. The van der Waals surface area contributed by atoms with E-state index >= 15 is 0 Å². The van der Waals surface area contributed by atoms with Gasteiger partial charge in [0.15, 0.2) is 0 Å². The average Bonchev–Trinajstić information content (AvgIpc) is 2.85. The zero-order valence-corrected chi connectivity index (χ0v) is 18.3. The van der Waals surface area contributed by atoms with Gasteiger partial charge < -0.3 is 21.2 Å². The van der Waals surface area contributed by atoms with Gasteiger partial charge in [-0.1, -0.05) is 18.2 Å². The highest BCUT2D eigenvalue weighted by Crippen LogP contribution is 2.26. The third-order valence-electron chi connectivity index (χ3n) is 5.54. The number of allylic oxidation sites excluding steroid dienone is 5. The molecule has 1 aliphatic carbocycles. The SMILES string of the molecule is N=C1C=CC(c2ccncc2/C=C/C(=O)Nc2ccc(CN3CCOCC3)cc2)=C/C1=C/N. The molecule has 2 aliphatic rings. The van der Waals surface area contributed by atoms with Crippen LogP contribution in [0.1, 0.15) is 16.7 Å². The molecule has 0 spiro atoms. The normalized spacial score (nSPS) is 18.0. The summed E-state index contributed by atoms with van der Waals surface area (Å²) in [5, 5.41) is 10.8. The van der Waals surface area contributed by atoms with Gasteiger partial charge in [-0.25, -0.2) is 0 Å². The second-order valence-electron chi connectivity index (χ2n) is 7.84. The van der Waals surface area contributed by atoms with Crippen LogP contribution in [0.25, 0.3) is 11.6 Å². The van der Waals surface area contributed by atoms with Crippen molar-refractivity contribution < 1.29 is 9.53 Å². The first-order chi connectivity index (χ1) is 16.1. The van der Waals surface area contributed by atoms with Crippen LogP contribution in [-0.4, -0.2) is 47.8 Å². The number of carbonyl (C=O) groups is 1. The number of ether oxygens (including phenoxy) is 1. The second-order valence-corrected chi connectivity index (χ2v) is 7.84. The van der Waals surface area contributed by atoms with Crippen molar-refractivity contribution in [1.29, 1.82) is 5.41 Å². The fourth-order valence-electron chi connectivity index (χ4n) is 3.73. The van der Waals surface area contributed by atoms with Crippen molar-refractivity contribution in [3.8, 4) is 0 Å². The first-order valence-corrected chi connectivity index (χ1v) is 10.9. The number of anilines is 1. The number of nitrogens with one attached hydrogen (secondary N) is 2. The number of aromatic nitrogens is 1. The van der Waals surface area contributed by atoms with Crippen molar-refractivity contribution in [3.05, 3.63) is 95.5 Å². The molecule has 1 aromatic carbocycles. The first-order valence-electron chi connectivity index (χ1n) is 10.9. The topological polar surface area (TPSA) is 104 Å². The number of hydrogen-bond donors (Lipinski definition) is 3. The summed E-state index contributed by atoms with van der Waals surface area (Å²) < 4.78 is 5.39. The summed E-state index contributed by atoms with van der Waals surface area (Å²) in [6.45, 7) is 4.33. The zero-order chi connectivity index (χ0) is 23.0. The summed E-state index contributed by atoms with van der Waals surface area (Å²) in [5.41, 5.74) is 11.2. The Labute approximate surface area is 193 Å². The van der Waals surface area contributed by atoms with Gasteiger partial charge in [-0.05, 0) is 53.1 Å². The molecule has 0 bridgehead atoms. The van der Waals surface area contributed by atoms with Crippen LogP contribution in [0.3, 0.4) is 0 Å². The molecular weight excluding hydrogens is 414 g/mol. The summed E-state index contributed by atoms with van der Waals surface area (Å²) >= 11 is 0. The summed E-state index contributed by atoms with van der Waals surface area (Å²) in [4.78, 5) is 19.0. The third-order valence-corrected chi connectivity index (χ3v) is 5.54. The van der Waals surface area contributed by atoms with E-state index in [1.165, 1.54) is 17.8 Å². The van der Waals surface area contributed by atoms with E-state index < -0.39 is 0 Å². The molecule has 0 unspecified atom stereocenters. The van der Waals surface area contributed by atoms with Crippen molar-refractivity contribution in [1.82, 2.24) is 9.88 Å². The van der Waals surface area contributed by atoms with E-state index in [0.29, 0.717) is 11.3 Å². The van der Waals surface area contributed by atoms with E-state index in [0.717, 1.165) is 55.2 Å². The number of nitrogens with two attached hydrogens (primary N) is 1. The standard InChI is InChI=1S/C26H27N5O2/c27-16-22-15-20(3-7-25(22)28)24-9-10-29-17-21(24)4-8-26(32)30-23-5-1-19(2-6-23)18-31-11-13-33-14-12-31/h1-10,15-17,28H,11-14,18,27H2,(H,30,32)/b8-4+,22-16-,28-25?. The lowest BCUT2D eigenvalue weighted by Crippen LogP contribution is -2.35. The molecule has 0 saturated carbocycles. The summed E-state index contributed by atoms with van der Waals surface area (Å²) in [7, 11) is 0.